The Bertz CT molecular complexity index is 520. The molecule has 0 fully saturated rings. The molecule has 0 spiro atoms. The first kappa shape index (κ1) is 23.5. The molecule has 148 valence electrons. The van der Waals surface area contributed by atoms with Gasteiger partial charge in [-0.1, -0.05) is 6.92 Å². The number of carbonyl (C=O) groups is 5. The molecule has 0 aromatic rings. The van der Waals surface area contributed by atoms with Crippen molar-refractivity contribution in [2.45, 2.75) is 58.0 Å². The van der Waals surface area contributed by atoms with Crippen LogP contribution in [-0.4, -0.2) is 65.0 Å². The van der Waals surface area contributed by atoms with E-state index in [9.17, 15) is 24.0 Å². The maximum Gasteiger partial charge on any atom is 0.326 e. The van der Waals surface area contributed by atoms with Crippen LogP contribution in [0.2, 0.25) is 0 Å². The van der Waals surface area contributed by atoms with E-state index in [1.54, 1.807) is 0 Å². The van der Waals surface area contributed by atoms with Crippen molar-refractivity contribution in [2.24, 2.45) is 0 Å². The van der Waals surface area contributed by atoms with Gasteiger partial charge in [-0.3, -0.25) is 9.59 Å². The monoisotopic (exact) mass is 374 g/mol. The maximum absolute atomic E-state index is 11.8. The Balaban J connectivity index is 4.46. The fourth-order valence-corrected chi connectivity index (χ4v) is 1.95. The molecule has 0 aliphatic rings. The molecule has 0 aromatic carbocycles. The molecule has 2 amide bonds. The van der Waals surface area contributed by atoms with E-state index in [1.165, 1.54) is 6.92 Å². The van der Waals surface area contributed by atoms with Crippen LogP contribution in [0.3, 0.4) is 0 Å². The van der Waals surface area contributed by atoms with Crippen molar-refractivity contribution in [1.29, 1.82) is 0 Å². The predicted octanol–water partition coefficient (Wildman–Crippen LogP) is -0.299. The van der Waals surface area contributed by atoms with Crippen molar-refractivity contribution in [1.82, 2.24) is 10.6 Å². The van der Waals surface area contributed by atoms with Gasteiger partial charge in [0, 0.05) is 19.4 Å². The Morgan fingerprint density at radius 1 is 0.885 bits per heavy atom. The van der Waals surface area contributed by atoms with Gasteiger partial charge in [0.25, 0.3) is 0 Å². The fraction of sp³-hybridized carbons (Fsp3) is 0.688. The Hall–Kier alpha value is -2.49. The predicted molar refractivity (Wildman–Crippen MR) is 89.4 cm³/mol. The summed E-state index contributed by atoms with van der Waals surface area (Å²) >= 11 is 0. The molecule has 0 radical (unpaired) electrons. The highest BCUT2D eigenvalue weighted by molar-refractivity contribution is 5.86. The molecule has 10 nitrogen and oxygen atoms in total. The summed E-state index contributed by atoms with van der Waals surface area (Å²) in [5.74, 6) is -4.09. The number of aliphatic carboxylic acids is 2. The second-order valence-corrected chi connectivity index (χ2v) is 5.75. The molecular formula is C16H26N2O8. The molecule has 0 bridgehead atoms. The SMILES string of the molecule is CCCOCC(=O)NC(CCC(=O)NC(CCC(C)=O)C(=O)O)C(=O)O. The van der Waals surface area contributed by atoms with Crippen LogP contribution < -0.4 is 10.6 Å². The van der Waals surface area contributed by atoms with Crippen LogP contribution in [-0.2, 0) is 28.7 Å². The number of hydrogen-bond acceptors (Lipinski definition) is 6. The number of carboxylic acid groups (broad SMARTS) is 2. The number of carbonyl (C=O) groups excluding carboxylic acids is 3. The minimum absolute atomic E-state index is 0.00279. The third-order valence-corrected chi connectivity index (χ3v) is 3.29. The number of Topliss-reactive ketones (excluding diaryl/α,β-unsaturated/α-hetero) is 1. The Morgan fingerprint density at radius 3 is 1.85 bits per heavy atom. The lowest BCUT2D eigenvalue weighted by atomic mass is 10.1. The third kappa shape index (κ3) is 11.1. The van der Waals surface area contributed by atoms with Crippen molar-refractivity contribution in [2.75, 3.05) is 13.2 Å². The Labute approximate surface area is 151 Å². The van der Waals surface area contributed by atoms with Gasteiger partial charge in [-0.2, -0.15) is 0 Å². The van der Waals surface area contributed by atoms with Crippen molar-refractivity contribution in [3.63, 3.8) is 0 Å². The van der Waals surface area contributed by atoms with E-state index in [2.05, 4.69) is 10.6 Å². The molecule has 0 rings (SSSR count). The molecule has 0 saturated carbocycles. The van der Waals surface area contributed by atoms with Gasteiger partial charge >= 0.3 is 11.9 Å². The summed E-state index contributed by atoms with van der Waals surface area (Å²) in [6.45, 7) is 3.25. The maximum atomic E-state index is 11.8. The van der Waals surface area contributed by atoms with E-state index in [0.717, 1.165) is 0 Å². The van der Waals surface area contributed by atoms with E-state index >= 15 is 0 Å². The number of hydrogen-bond donors (Lipinski definition) is 4. The minimum Gasteiger partial charge on any atom is -0.480 e. The van der Waals surface area contributed by atoms with Gasteiger partial charge in [0.15, 0.2) is 0 Å². The quantitative estimate of drug-likeness (QED) is 0.302. The summed E-state index contributed by atoms with van der Waals surface area (Å²) in [4.78, 5) is 56.6. The largest absolute Gasteiger partial charge is 0.480 e. The van der Waals surface area contributed by atoms with Crippen LogP contribution in [0.15, 0.2) is 0 Å². The van der Waals surface area contributed by atoms with Crippen LogP contribution in [0.5, 0.6) is 0 Å². The lowest BCUT2D eigenvalue weighted by Crippen LogP contribution is -2.44. The summed E-state index contributed by atoms with van der Waals surface area (Å²) in [6, 6.07) is -2.52. The van der Waals surface area contributed by atoms with Gasteiger partial charge in [0.2, 0.25) is 11.8 Å². The van der Waals surface area contributed by atoms with Crippen LogP contribution in [0.1, 0.15) is 46.0 Å². The van der Waals surface area contributed by atoms with Crippen LogP contribution >= 0.6 is 0 Å². The molecule has 2 atom stereocenters. The average Bonchev–Trinajstić information content (AvgIpc) is 2.54. The first-order valence-electron chi connectivity index (χ1n) is 8.28. The number of rotatable bonds is 14. The summed E-state index contributed by atoms with van der Waals surface area (Å²) in [5, 5.41) is 22.6. The Kier molecular flexibility index (Phi) is 11.6. The third-order valence-electron chi connectivity index (χ3n) is 3.29. The van der Waals surface area contributed by atoms with Crippen molar-refractivity contribution in [3.8, 4) is 0 Å². The summed E-state index contributed by atoms with van der Waals surface area (Å²) in [5.41, 5.74) is 0. The minimum atomic E-state index is -1.31. The molecule has 0 aliphatic carbocycles. The lowest BCUT2D eigenvalue weighted by Gasteiger charge is -2.16. The van der Waals surface area contributed by atoms with Gasteiger partial charge < -0.3 is 30.4 Å². The normalized spacial score (nSPS) is 12.7. The second-order valence-electron chi connectivity index (χ2n) is 5.75. The molecule has 0 saturated heterocycles. The van der Waals surface area contributed by atoms with Gasteiger partial charge in [-0.15, -0.1) is 0 Å². The van der Waals surface area contributed by atoms with Crippen LogP contribution in [0, 0.1) is 0 Å². The highest BCUT2D eigenvalue weighted by Crippen LogP contribution is 2.03. The standard InChI is InChI=1S/C16H26N2O8/c1-3-8-26-9-14(21)18-12(16(24)25)6-7-13(20)17-11(15(22)23)5-4-10(2)19/h11-12H,3-9H2,1-2H3,(H,17,20)(H,18,21)(H,22,23)(H,24,25). The highest BCUT2D eigenvalue weighted by atomic mass is 16.5. The number of carboxylic acids is 2. The fourth-order valence-electron chi connectivity index (χ4n) is 1.95. The molecule has 0 aromatic heterocycles. The molecule has 0 aliphatic heterocycles. The van der Waals surface area contributed by atoms with Crippen molar-refractivity contribution >= 4 is 29.5 Å². The molecule has 4 N–H and O–H groups in total. The van der Waals surface area contributed by atoms with E-state index in [-0.39, 0.29) is 38.1 Å². The Morgan fingerprint density at radius 2 is 1.38 bits per heavy atom. The number of ether oxygens (including phenoxy) is 1. The second kappa shape index (κ2) is 12.8. The van der Waals surface area contributed by atoms with Crippen LogP contribution in [0.4, 0.5) is 0 Å². The zero-order valence-corrected chi connectivity index (χ0v) is 14.9. The smallest absolute Gasteiger partial charge is 0.326 e. The van der Waals surface area contributed by atoms with Gasteiger partial charge in [-0.05, 0) is 26.2 Å². The van der Waals surface area contributed by atoms with Crippen LogP contribution in [0.25, 0.3) is 0 Å². The number of amides is 2. The summed E-state index contributed by atoms with van der Waals surface area (Å²) in [6.07, 6.45) is 0.161. The zero-order chi connectivity index (χ0) is 20.1. The lowest BCUT2D eigenvalue weighted by molar-refractivity contribution is -0.144. The van der Waals surface area contributed by atoms with Crippen molar-refractivity contribution in [3.05, 3.63) is 0 Å². The first-order chi connectivity index (χ1) is 12.2. The van der Waals surface area contributed by atoms with E-state index in [4.69, 9.17) is 14.9 Å². The van der Waals surface area contributed by atoms with E-state index in [1.807, 2.05) is 6.92 Å². The first-order valence-corrected chi connectivity index (χ1v) is 8.28. The molecular weight excluding hydrogens is 348 g/mol. The van der Waals surface area contributed by atoms with E-state index < -0.39 is 35.8 Å². The highest BCUT2D eigenvalue weighted by Gasteiger charge is 2.24. The number of ketones is 1. The summed E-state index contributed by atoms with van der Waals surface area (Å²) < 4.78 is 5.00. The van der Waals surface area contributed by atoms with Gasteiger partial charge in [-0.25, -0.2) is 9.59 Å². The molecule has 0 heterocycles. The summed E-state index contributed by atoms with van der Waals surface area (Å²) in [7, 11) is 0. The van der Waals surface area contributed by atoms with E-state index in [0.29, 0.717) is 13.0 Å². The van der Waals surface area contributed by atoms with Gasteiger partial charge in [0.05, 0.1) is 0 Å². The topological polar surface area (TPSA) is 159 Å². The average molecular weight is 374 g/mol. The molecule has 26 heavy (non-hydrogen) atoms. The number of nitrogens with one attached hydrogen (secondary N) is 2. The van der Waals surface area contributed by atoms with Gasteiger partial charge in [0.1, 0.15) is 24.5 Å². The van der Waals surface area contributed by atoms with Crippen molar-refractivity contribution < 1.29 is 38.9 Å². The molecule has 2 unspecified atom stereocenters. The molecule has 10 heteroatoms. The zero-order valence-electron chi connectivity index (χ0n) is 14.9.